The standard InChI is InChI=1S/C15H21BrN2O2/c1-2-3-13(18-6-4-17-5-7-18)11-8-14-15(9-12(11)16)20-10-19-14/h8-9,13,17H,2-7,10H2,1H3/t13-/m0/s1. The number of nitrogens with one attached hydrogen (secondary N) is 1. The molecule has 0 bridgehead atoms. The first-order valence-electron chi connectivity index (χ1n) is 7.33. The summed E-state index contributed by atoms with van der Waals surface area (Å²) in [6.45, 7) is 6.93. The van der Waals surface area contributed by atoms with Gasteiger partial charge in [-0.25, -0.2) is 0 Å². The van der Waals surface area contributed by atoms with Gasteiger partial charge in [0.15, 0.2) is 11.5 Å². The minimum atomic E-state index is 0.331. The number of hydrogen-bond donors (Lipinski definition) is 1. The molecule has 0 radical (unpaired) electrons. The van der Waals surface area contributed by atoms with Crippen molar-refractivity contribution in [3.05, 3.63) is 22.2 Å². The summed E-state index contributed by atoms with van der Waals surface area (Å²) in [6, 6.07) is 4.64. The maximum absolute atomic E-state index is 5.54. The number of halogens is 1. The van der Waals surface area contributed by atoms with Crippen molar-refractivity contribution in [1.82, 2.24) is 10.2 Å². The number of ether oxygens (including phenoxy) is 2. The summed E-state index contributed by atoms with van der Waals surface area (Å²) in [5.74, 6) is 1.72. The van der Waals surface area contributed by atoms with Gasteiger partial charge in [0.1, 0.15) is 0 Å². The van der Waals surface area contributed by atoms with Gasteiger partial charge < -0.3 is 14.8 Å². The summed E-state index contributed by atoms with van der Waals surface area (Å²) in [4.78, 5) is 2.57. The Hall–Kier alpha value is -0.780. The zero-order valence-corrected chi connectivity index (χ0v) is 13.4. The summed E-state index contributed by atoms with van der Waals surface area (Å²) in [5, 5.41) is 3.42. The van der Waals surface area contributed by atoms with Gasteiger partial charge in [-0.3, -0.25) is 4.90 Å². The van der Waals surface area contributed by atoms with Crippen LogP contribution >= 0.6 is 15.9 Å². The highest BCUT2D eigenvalue weighted by atomic mass is 79.9. The monoisotopic (exact) mass is 340 g/mol. The molecule has 110 valence electrons. The molecule has 4 nitrogen and oxygen atoms in total. The van der Waals surface area contributed by atoms with Crippen LogP contribution in [0.3, 0.4) is 0 Å². The maximum Gasteiger partial charge on any atom is 0.231 e. The molecule has 1 fully saturated rings. The molecule has 0 saturated carbocycles. The van der Waals surface area contributed by atoms with Crippen LogP contribution in [-0.4, -0.2) is 37.9 Å². The Balaban J connectivity index is 1.90. The van der Waals surface area contributed by atoms with E-state index in [9.17, 15) is 0 Å². The van der Waals surface area contributed by atoms with Crippen molar-refractivity contribution < 1.29 is 9.47 Å². The van der Waals surface area contributed by atoms with Crippen LogP contribution in [0.5, 0.6) is 11.5 Å². The Labute approximate surface area is 128 Å². The first-order chi connectivity index (χ1) is 9.79. The lowest BCUT2D eigenvalue weighted by Crippen LogP contribution is -2.45. The van der Waals surface area contributed by atoms with Gasteiger partial charge in [0, 0.05) is 36.7 Å². The second-order valence-electron chi connectivity index (χ2n) is 5.32. The molecule has 5 heteroatoms. The fourth-order valence-corrected chi connectivity index (χ4v) is 3.58. The van der Waals surface area contributed by atoms with Crippen molar-refractivity contribution in [3.8, 4) is 11.5 Å². The molecule has 1 atom stereocenters. The van der Waals surface area contributed by atoms with E-state index in [4.69, 9.17) is 9.47 Å². The van der Waals surface area contributed by atoms with E-state index in [1.54, 1.807) is 0 Å². The summed E-state index contributed by atoms with van der Waals surface area (Å²) < 4.78 is 12.1. The summed E-state index contributed by atoms with van der Waals surface area (Å²) in [6.07, 6.45) is 2.34. The molecule has 1 aromatic carbocycles. The van der Waals surface area contributed by atoms with Crippen molar-refractivity contribution in [2.45, 2.75) is 25.8 Å². The Bertz CT molecular complexity index is 475. The van der Waals surface area contributed by atoms with Gasteiger partial charge in [-0.2, -0.15) is 0 Å². The summed E-state index contributed by atoms with van der Waals surface area (Å²) in [5.41, 5.74) is 1.32. The highest BCUT2D eigenvalue weighted by molar-refractivity contribution is 9.10. The Kier molecular flexibility index (Phi) is 4.48. The maximum atomic E-state index is 5.54. The third-order valence-electron chi connectivity index (χ3n) is 4.01. The molecule has 2 heterocycles. The number of hydrogen-bond acceptors (Lipinski definition) is 4. The average Bonchev–Trinajstić information content (AvgIpc) is 2.92. The van der Waals surface area contributed by atoms with Crippen molar-refractivity contribution in [2.24, 2.45) is 0 Å². The molecule has 3 rings (SSSR count). The molecule has 1 saturated heterocycles. The van der Waals surface area contributed by atoms with Crippen LogP contribution in [0.2, 0.25) is 0 Å². The molecular formula is C15H21BrN2O2. The van der Waals surface area contributed by atoms with Crippen molar-refractivity contribution in [2.75, 3.05) is 33.0 Å². The van der Waals surface area contributed by atoms with Crippen molar-refractivity contribution in [1.29, 1.82) is 0 Å². The molecule has 2 aliphatic heterocycles. The molecular weight excluding hydrogens is 320 g/mol. The summed E-state index contributed by atoms with van der Waals surface area (Å²) in [7, 11) is 0. The van der Waals surface area contributed by atoms with Gasteiger partial charge in [0.2, 0.25) is 6.79 Å². The highest BCUT2D eigenvalue weighted by Gasteiger charge is 2.26. The second-order valence-corrected chi connectivity index (χ2v) is 6.17. The normalized spacial score (nSPS) is 20.1. The first-order valence-corrected chi connectivity index (χ1v) is 8.12. The first kappa shape index (κ1) is 14.2. The van der Waals surface area contributed by atoms with E-state index in [-0.39, 0.29) is 0 Å². The minimum absolute atomic E-state index is 0.331. The number of nitrogens with zero attached hydrogens (tertiary/aromatic N) is 1. The largest absolute Gasteiger partial charge is 0.454 e. The highest BCUT2D eigenvalue weighted by Crippen LogP contribution is 2.41. The molecule has 0 aromatic heterocycles. The van der Waals surface area contributed by atoms with Gasteiger partial charge in [-0.05, 0) is 24.1 Å². The molecule has 20 heavy (non-hydrogen) atoms. The van der Waals surface area contributed by atoms with Gasteiger partial charge in [0.25, 0.3) is 0 Å². The van der Waals surface area contributed by atoms with Crippen LogP contribution in [0, 0.1) is 0 Å². The van der Waals surface area contributed by atoms with Crippen LogP contribution in [-0.2, 0) is 0 Å². The quantitative estimate of drug-likeness (QED) is 0.913. The molecule has 0 unspecified atom stereocenters. The van der Waals surface area contributed by atoms with Crippen LogP contribution < -0.4 is 14.8 Å². The molecule has 1 N–H and O–H groups in total. The van der Waals surface area contributed by atoms with Crippen LogP contribution in [0.15, 0.2) is 16.6 Å². The van der Waals surface area contributed by atoms with Crippen LogP contribution in [0.25, 0.3) is 0 Å². The Morgan fingerprint density at radius 2 is 1.95 bits per heavy atom. The van der Waals surface area contributed by atoms with E-state index in [1.807, 2.05) is 6.07 Å². The lowest BCUT2D eigenvalue weighted by molar-refractivity contribution is 0.163. The molecule has 1 aromatic rings. The van der Waals surface area contributed by atoms with Crippen LogP contribution in [0.1, 0.15) is 31.4 Å². The van der Waals surface area contributed by atoms with Crippen molar-refractivity contribution in [3.63, 3.8) is 0 Å². The van der Waals surface area contributed by atoms with Gasteiger partial charge in [0.05, 0.1) is 0 Å². The topological polar surface area (TPSA) is 33.7 Å². The molecule has 0 aliphatic carbocycles. The third kappa shape index (κ3) is 2.80. The zero-order chi connectivity index (χ0) is 13.9. The van der Waals surface area contributed by atoms with E-state index >= 15 is 0 Å². The fraction of sp³-hybridized carbons (Fsp3) is 0.600. The third-order valence-corrected chi connectivity index (χ3v) is 4.69. The van der Waals surface area contributed by atoms with Gasteiger partial charge >= 0.3 is 0 Å². The number of fused-ring (bicyclic) bond motifs is 1. The number of piperazine rings is 1. The Morgan fingerprint density at radius 1 is 1.25 bits per heavy atom. The number of rotatable bonds is 4. The van der Waals surface area contributed by atoms with Crippen molar-refractivity contribution >= 4 is 15.9 Å². The van der Waals surface area contributed by atoms with Gasteiger partial charge in [-0.1, -0.05) is 29.3 Å². The second kappa shape index (κ2) is 6.33. The summed E-state index contributed by atoms with van der Waals surface area (Å²) >= 11 is 3.71. The minimum Gasteiger partial charge on any atom is -0.454 e. The molecule has 0 spiro atoms. The molecule has 0 amide bonds. The predicted molar refractivity (Wildman–Crippen MR) is 82.4 cm³/mol. The fourth-order valence-electron chi connectivity index (χ4n) is 2.99. The van der Waals surface area contributed by atoms with Gasteiger partial charge in [-0.15, -0.1) is 0 Å². The lowest BCUT2D eigenvalue weighted by atomic mass is 9.99. The smallest absolute Gasteiger partial charge is 0.231 e. The zero-order valence-electron chi connectivity index (χ0n) is 11.8. The SMILES string of the molecule is CCC[C@@H](c1cc2c(cc1Br)OCO2)N1CCNCC1. The Morgan fingerprint density at radius 3 is 2.65 bits per heavy atom. The molecule has 2 aliphatic rings. The predicted octanol–water partition coefficient (Wildman–Crippen LogP) is 2.92. The average molecular weight is 341 g/mol. The van der Waals surface area contributed by atoms with E-state index in [2.05, 4.69) is 39.1 Å². The van der Waals surface area contributed by atoms with E-state index in [0.29, 0.717) is 12.8 Å². The van der Waals surface area contributed by atoms with E-state index < -0.39 is 0 Å². The van der Waals surface area contributed by atoms with Crippen LogP contribution in [0.4, 0.5) is 0 Å². The van der Waals surface area contributed by atoms with E-state index in [1.165, 1.54) is 12.0 Å². The van der Waals surface area contributed by atoms with E-state index in [0.717, 1.165) is 48.6 Å². The lowest BCUT2D eigenvalue weighted by Gasteiger charge is -2.35. The number of benzene rings is 1.